The van der Waals surface area contributed by atoms with E-state index >= 15 is 0 Å². The normalized spacial score (nSPS) is 10.4. The van der Waals surface area contributed by atoms with Gasteiger partial charge in [0.05, 0.1) is 0 Å². The molecule has 0 spiro atoms. The number of aromatic nitrogens is 2. The molecule has 0 aliphatic rings. The molecule has 0 N–H and O–H groups in total. The van der Waals surface area contributed by atoms with Crippen LogP contribution < -0.4 is 0 Å². The monoisotopic (exact) mass is 286 g/mol. The number of thioether (sulfide) groups is 1. The van der Waals surface area contributed by atoms with Crippen LogP contribution in [0.5, 0.6) is 0 Å². The molecule has 2 aromatic rings. The average Bonchev–Trinajstić information content (AvgIpc) is 2.63. The Morgan fingerprint density at radius 1 is 1.29 bits per heavy atom. The zero-order valence-corrected chi connectivity index (χ0v) is 10.4. The second-order valence-corrected chi connectivity index (χ2v) is 5.29. The molecular weight excluding hydrogens is 280 g/mol. The van der Waals surface area contributed by atoms with Crippen LogP contribution in [0.15, 0.2) is 39.4 Å². The van der Waals surface area contributed by atoms with Gasteiger partial charge in [0.1, 0.15) is 0 Å². The summed E-state index contributed by atoms with van der Waals surface area (Å²) < 4.78 is 5.73. The van der Waals surface area contributed by atoms with Crippen LogP contribution in [0.25, 0.3) is 0 Å². The molecule has 0 saturated heterocycles. The van der Waals surface area contributed by atoms with Crippen LogP contribution in [0.3, 0.4) is 0 Å². The lowest BCUT2D eigenvalue weighted by Gasteiger charge is -1.96. The third kappa shape index (κ3) is 2.80. The summed E-state index contributed by atoms with van der Waals surface area (Å²) in [5, 5.41) is 0. The molecule has 1 aromatic heterocycles. The minimum atomic E-state index is 0.679. The Morgan fingerprint density at radius 2 is 2.07 bits per heavy atom. The summed E-state index contributed by atoms with van der Waals surface area (Å²) in [4.78, 5) is 4.21. The topological polar surface area (TPSA) is 25.8 Å². The van der Waals surface area contributed by atoms with Crippen molar-refractivity contribution in [2.75, 3.05) is 0 Å². The van der Waals surface area contributed by atoms with Crippen molar-refractivity contribution >= 4 is 39.2 Å². The van der Waals surface area contributed by atoms with Crippen molar-refractivity contribution < 1.29 is 0 Å². The fourth-order valence-electron chi connectivity index (χ4n) is 0.971. The van der Waals surface area contributed by atoms with Gasteiger partial charge in [0, 0.05) is 5.75 Å². The van der Waals surface area contributed by atoms with Crippen molar-refractivity contribution in [3.05, 3.63) is 40.6 Å². The summed E-state index contributed by atoms with van der Waals surface area (Å²) in [6.07, 6.45) is 0. The van der Waals surface area contributed by atoms with Gasteiger partial charge in [-0.3, -0.25) is 0 Å². The Bertz CT molecular complexity index is 402. The molecule has 0 saturated carbocycles. The van der Waals surface area contributed by atoms with Gasteiger partial charge in [-0.15, -0.1) is 0 Å². The van der Waals surface area contributed by atoms with Gasteiger partial charge in [0.15, 0.2) is 4.34 Å². The first kappa shape index (κ1) is 10.1. The lowest BCUT2D eigenvalue weighted by molar-refractivity contribution is 1.16. The quantitative estimate of drug-likeness (QED) is 0.807. The molecule has 1 heterocycles. The Labute approximate surface area is 99.1 Å². The van der Waals surface area contributed by atoms with Crippen LogP contribution >= 0.6 is 39.2 Å². The highest BCUT2D eigenvalue weighted by Crippen LogP contribution is 2.25. The maximum Gasteiger partial charge on any atom is 0.210 e. The Hall–Kier alpha value is -0.390. The second-order valence-electron chi connectivity index (χ2n) is 2.60. The summed E-state index contributed by atoms with van der Waals surface area (Å²) in [5.74, 6) is 0.947. The number of benzene rings is 1. The van der Waals surface area contributed by atoms with Gasteiger partial charge in [-0.25, -0.2) is 4.98 Å². The standard InChI is InChI=1S/C9H7BrN2S2/c10-8-11-9(14-12-8)13-6-7-4-2-1-3-5-7/h1-5H,6H2. The van der Waals surface area contributed by atoms with E-state index in [1.807, 2.05) is 18.2 Å². The number of hydrogen-bond donors (Lipinski definition) is 0. The van der Waals surface area contributed by atoms with Gasteiger partial charge >= 0.3 is 0 Å². The van der Waals surface area contributed by atoms with Crippen molar-refractivity contribution in [3.63, 3.8) is 0 Å². The first-order valence-electron chi connectivity index (χ1n) is 4.00. The molecule has 5 heteroatoms. The Morgan fingerprint density at radius 3 is 2.71 bits per heavy atom. The maximum atomic E-state index is 4.21. The molecule has 0 unspecified atom stereocenters. The second kappa shape index (κ2) is 4.91. The molecule has 72 valence electrons. The van der Waals surface area contributed by atoms with E-state index in [0.29, 0.717) is 4.73 Å². The third-order valence-corrected chi connectivity index (χ3v) is 4.08. The highest BCUT2D eigenvalue weighted by atomic mass is 79.9. The Kier molecular flexibility index (Phi) is 3.55. The van der Waals surface area contributed by atoms with Crippen molar-refractivity contribution in [2.45, 2.75) is 10.1 Å². The summed E-state index contributed by atoms with van der Waals surface area (Å²) >= 11 is 6.37. The molecular formula is C9H7BrN2S2. The summed E-state index contributed by atoms with van der Waals surface area (Å²) in [6.45, 7) is 0. The molecule has 2 rings (SSSR count). The van der Waals surface area contributed by atoms with E-state index < -0.39 is 0 Å². The molecule has 0 atom stereocenters. The van der Waals surface area contributed by atoms with Gasteiger partial charge in [0.2, 0.25) is 4.73 Å². The fourth-order valence-corrected chi connectivity index (χ4v) is 3.05. The molecule has 0 fully saturated rings. The van der Waals surface area contributed by atoms with Crippen molar-refractivity contribution in [3.8, 4) is 0 Å². The zero-order valence-electron chi connectivity index (χ0n) is 7.18. The van der Waals surface area contributed by atoms with Crippen molar-refractivity contribution in [1.29, 1.82) is 0 Å². The van der Waals surface area contributed by atoms with Crippen molar-refractivity contribution in [1.82, 2.24) is 9.36 Å². The van der Waals surface area contributed by atoms with Crippen LogP contribution in [-0.4, -0.2) is 9.36 Å². The van der Waals surface area contributed by atoms with Gasteiger partial charge in [-0.05, 0) is 33.0 Å². The molecule has 0 bridgehead atoms. The maximum absolute atomic E-state index is 4.21. The number of halogens is 1. The molecule has 0 aliphatic heterocycles. The molecule has 0 radical (unpaired) electrons. The number of nitrogens with zero attached hydrogens (tertiary/aromatic N) is 2. The molecule has 0 aliphatic carbocycles. The number of hydrogen-bond acceptors (Lipinski definition) is 4. The molecule has 0 amide bonds. The van der Waals surface area contributed by atoms with Crippen LogP contribution in [0.4, 0.5) is 0 Å². The molecule has 2 nitrogen and oxygen atoms in total. The smallest absolute Gasteiger partial charge is 0.202 e. The van der Waals surface area contributed by atoms with E-state index in [-0.39, 0.29) is 0 Å². The highest BCUT2D eigenvalue weighted by Gasteiger charge is 2.01. The summed E-state index contributed by atoms with van der Waals surface area (Å²) in [7, 11) is 0. The highest BCUT2D eigenvalue weighted by molar-refractivity contribution is 9.10. The summed E-state index contributed by atoms with van der Waals surface area (Å²) in [5.41, 5.74) is 1.31. The van der Waals surface area contributed by atoms with Crippen LogP contribution in [0.2, 0.25) is 0 Å². The largest absolute Gasteiger partial charge is 0.210 e. The predicted octanol–water partition coefficient (Wildman–Crippen LogP) is 3.59. The average molecular weight is 287 g/mol. The number of rotatable bonds is 3. The van der Waals surface area contributed by atoms with E-state index in [9.17, 15) is 0 Å². The van der Waals surface area contributed by atoms with E-state index in [1.165, 1.54) is 17.1 Å². The van der Waals surface area contributed by atoms with E-state index in [2.05, 4.69) is 37.4 Å². The van der Waals surface area contributed by atoms with Gasteiger partial charge in [-0.2, -0.15) is 4.37 Å². The zero-order chi connectivity index (χ0) is 9.80. The summed E-state index contributed by atoms with van der Waals surface area (Å²) in [6, 6.07) is 10.3. The van der Waals surface area contributed by atoms with Gasteiger partial charge < -0.3 is 0 Å². The van der Waals surface area contributed by atoms with Crippen LogP contribution in [0, 0.1) is 0 Å². The first-order valence-corrected chi connectivity index (χ1v) is 6.56. The van der Waals surface area contributed by atoms with E-state index in [1.54, 1.807) is 11.8 Å². The van der Waals surface area contributed by atoms with Crippen molar-refractivity contribution in [2.24, 2.45) is 0 Å². The SMILES string of the molecule is Brc1nsc(SCc2ccccc2)n1. The lowest BCUT2D eigenvalue weighted by Crippen LogP contribution is -1.78. The van der Waals surface area contributed by atoms with E-state index in [4.69, 9.17) is 0 Å². The van der Waals surface area contributed by atoms with E-state index in [0.717, 1.165) is 10.1 Å². The first-order chi connectivity index (χ1) is 6.84. The Balaban J connectivity index is 1.95. The predicted molar refractivity (Wildman–Crippen MR) is 63.6 cm³/mol. The fraction of sp³-hybridized carbons (Fsp3) is 0.111. The van der Waals surface area contributed by atoms with Crippen LogP contribution in [0.1, 0.15) is 5.56 Å². The third-order valence-electron chi connectivity index (χ3n) is 1.59. The molecule has 1 aromatic carbocycles. The minimum absolute atomic E-state index is 0.679. The van der Waals surface area contributed by atoms with Gasteiger partial charge in [0.25, 0.3) is 0 Å². The molecule has 14 heavy (non-hydrogen) atoms. The lowest BCUT2D eigenvalue weighted by atomic mass is 10.2. The van der Waals surface area contributed by atoms with Gasteiger partial charge in [-0.1, -0.05) is 42.1 Å². The minimum Gasteiger partial charge on any atom is -0.202 e. The van der Waals surface area contributed by atoms with Crippen LogP contribution in [-0.2, 0) is 5.75 Å².